The molecule has 0 aromatic carbocycles. The summed E-state index contributed by atoms with van der Waals surface area (Å²) >= 11 is 1.57. The summed E-state index contributed by atoms with van der Waals surface area (Å²) in [5, 5.41) is 3.42. The van der Waals surface area contributed by atoms with Gasteiger partial charge in [-0.15, -0.1) is 11.3 Å². The van der Waals surface area contributed by atoms with Crippen molar-refractivity contribution in [3.63, 3.8) is 0 Å². The molecule has 1 heterocycles. The third kappa shape index (κ3) is 3.10. The summed E-state index contributed by atoms with van der Waals surface area (Å²) in [7, 11) is 0. The van der Waals surface area contributed by atoms with Crippen LogP contribution in [0.5, 0.6) is 0 Å². The smallest absolute Gasteiger partial charge is 0.223 e. The Morgan fingerprint density at radius 1 is 1.57 bits per heavy atom. The molecule has 0 aliphatic heterocycles. The maximum atomic E-state index is 10.8. The van der Waals surface area contributed by atoms with E-state index in [9.17, 15) is 4.79 Å². The summed E-state index contributed by atoms with van der Waals surface area (Å²) in [5.74, 6) is 0.564. The largest absolute Gasteiger partial charge is 0.302 e. The van der Waals surface area contributed by atoms with E-state index in [0.29, 0.717) is 11.0 Å². The van der Waals surface area contributed by atoms with Crippen LogP contribution in [0.25, 0.3) is 0 Å². The highest BCUT2D eigenvalue weighted by atomic mass is 32.1. The predicted molar refractivity (Wildman–Crippen MR) is 59.7 cm³/mol. The molecule has 0 atom stereocenters. The van der Waals surface area contributed by atoms with Crippen LogP contribution in [-0.4, -0.2) is 10.9 Å². The number of nitrogens with one attached hydrogen (secondary N) is 1. The third-order valence-corrected chi connectivity index (χ3v) is 2.86. The second-order valence-corrected chi connectivity index (χ2v) is 4.89. The van der Waals surface area contributed by atoms with Crippen molar-refractivity contribution in [2.24, 2.45) is 5.92 Å². The van der Waals surface area contributed by atoms with Crippen molar-refractivity contribution in [1.29, 1.82) is 0 Å². The molecule has 78 valence electrons. The van der Waals surface area contributed by atoms with E-state index in [1.807, 2.05) is 6.92 Å². The van der Waals surface area contributed by atoms with Crippen molar-refractivity contribution < 1.29 is 4.79 Å². The van der Waals surface area contributed by atoms with Crippen LogP contribution in [0.4, 0.5) is 5.13 Å². The molecule has 1 amide bonds. The summed E-state index contributed by atoms with van der Waals surface area (Å²) in [5.41, 5.74) is 1.03. The second-order valence-electron chi connectivity index (χ2n) is 3.81. The molecule has 0 radical (unpaired) electrons. The third-order valence-electron chi connectivity index (χ3n) is 1.77. The molecule has 0 bridgehead atoms. The second kappa shape index (κ2) is 4.55. The summed E-state index contributed by atoms with van der Waals surface area (Å²) in [4.78, 5) is 16.4. The van der Waals surface area contributed by atoms with E-state index in [2.05, 4.69) is 24.1 Å². The average Bonchev–Trinajstić information content (AvgIpc) is 2.28. The van der Waals surface area contributed by atoms with Crippen LogP contribution in [0.3, 0.4) is 0 Å². The van der Waals surface area contributed by atoms with Gasteiger partial charge in [0.2, 0.25) is 5.91 Å². The summed E-state index contributed by atoms with van der Waals surface area (Å²) in [6.45, 7) is 7.84. The number of thiazole rings is 1. The Labute approximate surface area is 88.6 Å². The van der Waals surface area contributed by atoms with Crippen molar-refractivity contribution in [3.8, 4) is 0 Å². The minimum absolute atomic E-state index is 0.0603. The molecule has 0 aliphatic carbocycles. The first-order valence-electron chi connectivity index (χ1n) is 4.73. The first kappa shape index (κ1) is 11.2. The van der Waals surface area contributed by atoms with E-state index in [4.69, 9.17) is 0 Å². The zero-order valence-corrected chi connectivity index (χ0v) is 9.86. The first-order chi connectivity index (χ1) is 6.49. The van der Waals surface area contributed by atoms with Crippen molar-refractivity contribution in [3.05, 3.63) is 10.6 Å². The van der Waals surface area contributed by atoms with Crippen molar-refractivity contribution in [2.75, 3.05) is 5.32 Å². The Bertz CT molecular complexity index is 331. The molecule has 1 aromatic rings. The fourth-order valence-electron chi connectivity index (χ4n) is 1.19. The van der Waals surface area contributed by atoms with Gasteiger partial charge in [0.25, 0.3) is 0 Å². The van der Waals surface area contributed by atoms with Gasteiger partial charge in [0.15, 0.2) is 5.13 Å². The van der Waals surface area contributed by atoms with E-state index in [1.54, 1.807) is 11.3 Å². The maximum absolute atomic E-state index is 10.8. The molecule has 0 saturated heterocycles. The molecule has 0 unspecified atom stereocenters. The monoisotopic (exact) mass is 212 g/mol. The zero-order chi connectivity index (χ0) is 10.7. The maximum Gasteiger partial charge on any atom is 0.223 e. The van der Waals surface area contributed by atoms with Crippen molar-refractivity contribution in [1.82, 2.24) is 4.98 Å². The van der Waals surface area contributed by atoms with Gasteiger partial charge in [-0.1, -0.05) is 13.8 Å². The quantitative estimate of drug-likeness (QED) is 0.836. The number of rotatable bonds is 3. The number of aromatic nitrogens is 1. The highest BCUT2D eigenvalue weighted by Gasteiger charge is 2.09. The van der Waals surface area contributed by atoms with Gasteiger partial charge in [-0.25, -0.2) is 4.98 Å². The molecule has 1 N–H and O–H groups in total. The van der Waals surface area contributed by atoms with Gasteiger partial charge < -0.3 is 5.32 Å². The molecule has 0 aliphatic rings. The van der Waals surface area contributed by atoms with E-state index in [0.717, 1.165) is 12.1 Å². The highest BCUT2D eigenvalue weighted by Crippen LogP contribution is 2.24. The van der Waals surface area contributed by atoms with Gasteiger partial charge in [0, 0.05) is 11.8 Å². The number of hydrogen-bond acceptors (Lipinski definition) is 3. The first-order valence-corrected chi connectivity index (χ1v) is 5.54. The minimum atomic E-state index is -0.0603. The number of hydrogen-bond donors (Lipinski definition) is 1. The fourth-order valence-corrected chi connectivity index (χ4v) is 2.41. The lowest BCUT2D eigenvalue weighted by Crippen LogP contribution is -2.04. The Kier molecular flexibility index (Phi) is 3.63. The van der Waals surface area contributed by atoms with Crippen LogP contribution in [-0.2, 0) is 11.2 Å². The van der Waals surface area contributed by atoms with Crippen LogP contribution < -0.4 is 5.32 Å². The Hall–Kier alpha value is -0.900. The van der Waals surface area contributed by atoms with E-state index < -0.39 is 0 Å². The Morgan fingerprint density at radius 3 is 2.71 bits per heavy atom. The van der Waals surface area contributed by atoms with Gasteiger partial charge in [-0.2, -0.15) is 0 Å². The molecular formula is C10H16N2OS. The normalized spacial score (nSPS) is 10.6. The van der Waals surface area contributed by atoms with Crippen molar-refractivity contribution >= 4 is 22.4 Å². The van der Waals surface area contributed by atoms with Gasteiger partial charge in [-0.3, -0.25) is 4.79 Å². The lowest BCUT2D eigenvalue weighted by atomic mass is 10.1. The predicted octanol–water partition coefficient (Wildman–Crippen LogP) is 2.61. The lowest BCUT2D eigenvalue weighted by Gasteiger charge is -2.00. The van der Waals surface area contributed by atoms with Gasteiger partial charge in [-0.05, 0) is 19.3 Å². The molecule has 14 heavy (non-hydrogen) atoms. The highest BCUT2D eigenvalue weighted by molar-refractivity contribution is 7.15. The zero-order valence-electron chi connectivity index (χ0n) is 9.05. The Balaban J connectivity index is 2.76. The molecule has 4 heteroatoms. The number of carbonyl (C=O) groups excluding carboxylic acids is 1. The van der Waals surface area contributed by atoms with Crippen molar-refractivity contribution in [2.45, 2.75) is 34.1 Å². The van der Waals surface area contributed by atoms with Gasteiger partial charge >= 0.3 is 0 Å². The standard InChI is InChI=1S/C10H16N2OS/c1-6(2)5-9-7(3)11-10(14-9)12-8(4)13/h6H,5H2,1-4H3,(H,11,12,13). The average molecular weight is 212 g/mol. The van der Waals surface area contributed by atoms with Gasteiger partial charge in [0.05, 0.1) is 5.69 Å². The topological polar surface area (TPSA) is 42.0 Å². The number of anilines is 1. The molecule has 0 saturated carbocycles. The number of carbonyl (C=O) groups is 1. The molecule has 3 nitrogen and oxygen atoms in total. The van der Waals surface area contributed by atoms with E-state index in [-0.39, 0.29) is 5.91 Å². The number of nitrogens with zero attached hydrogens (tertiary/aromatic N) is 1. The molecular weight excluding hydrogens is 196 g/mol. The molecule has 0 fully saturated rings. The van der Waals surface area contributed by atoms with Crippen LogP contribution in [0.15, 0.2) is 0 Å². The Morgan fingerprint density at radius 2 is 2.21 bits per heavy atom. The fraction of sp³-hybridized carbons (Fsp3) is 0.600. The summed E-state index contributed by atoms with van der Waals surface area (Å²) < 4.78 is 0. The van der Waals surface area contributed by atoms with E-state index in [1.165, 1.54) is 11.8 Å². The molecule has 0 spiro atoms. The van der Waals surface area contributed by atoms with Gasteiger partial charge in [0.1, 0.15) is 0 Å². The van der Waals surface area contributed by atoms with E-state index >= 15 is 0 Å². The number of amides is 1. The summed E-state index contributed by atoms with van der Waals surface area (Å²) in [6.07, 6.45) is 1.03. The minimum Gasteiger partial charge on any atom is -0.302 e. The molecule has 1 rings (SSSR count). The number of aryl methyl sites for hydroxylation is 1. The van der Waals surface area contributed by atoms with Crippen LogP contribution in [0.1, 0.15) is 31.3 Å². The summed E-state index contributed by atoms with van der Waals surface area (Å²) in [6, 6.07) is 0. The van der Waals surface area contributed by atoms with Crippen LogP contribution >= 0.6 is 11.3 Å². The molecule has 1 aromatic heterocycles. The van der Waals surface area contributed by atoms with Crippen LogP contribution in [0, 0.1) is 12.8 Å². The van der Waals surface area contributed by atoms with Crippen LogP contribution in [0.2, 0.25) is 0 Å². The lowest BCUT2D eigenvalue weighted by molar-refractivity contribution is -0.114. The SMILES string of the molecule is CC(=O)Nc1nc(C)c(CC(C)C)s1.